The summed E-state index contributed by atoms with van der Waals surface area (Å²) in [4.78, 5) is 0. The first kappa shape index (κ1) is 20.5. The van der Waals surface area contributed by atoms with Crippen LogP contribution in [-0.4, -0.2) is 12.0 Å². The van der Waals surface area contributed by atoms with Gasteiger partial charge in [-0.05, 0) is 68.4 Å². The minimum atomic E-state index is -5.04. The normalized spacial score (nSPS) is 31.9. The summed E-state index contributed by atoms with van der Waals surface area (Å²) in [6.45, 7) is 2.22. The molecule has 0 N–H and O–H groups in total. The lowest BCUT2D eigenvalue weighted by Gasteiger charge is -2.42. The van der Waals surface area contributed by atoms with Crippen molar-refractivity contribution in [2.45, 2.75) is 76.7 Å². The Morgan fingerprint density at radius 2 is 1.33 bits per heavy atom. The molecule has 0 spiro atoms. The standard InChI is InChI=1S/C22H30F4O/c1-2-16-8-10-17(11-9-16)18-12-14-19(15-13-18)21(23,22(24,25)26)27-20-6-4-3-5-7-20/h3-7,16-19H,2,8-15H2,1H3. The molecular formula is C22H30F4O. The number of rotatable bonds is 5. The number of benzene rings is 1. The van der Waals surface area contributed by atoms with Gasteiger partial charge >= 0.3 is 12.0 Å². The minimum absolute atomic E-state index is 0.0719. The Labute approximate surface area is 159 Å². The molecule has 0 amide bonds. The second-order valence-corrected chi connectivity index (χ2v) is 8.36. The van der Waals surface area contributed by atoms with Crippen LogP contribution in [0.25, 0.3) is 0 Å². The van der Waals surface area contributed by atoms with Crippen LogP contribution >= 0.6 is 0 Å². The van der Waals surface area contributed by atoms with Gasteiger partial charge in [0.05, 0.1) is 0 Å². The van der Waals surface area contributed by atoms with Crippen molar-refractivity contribution in [2.75, 3.05) is 0 Å². The van der Waals surface area contributed by atoms with Gasteiger partial charge < -0.3 is 4.74 Å². The third kappa shape index (κ3) is 4.60. The topological polar surface area (TPSA) is 9.23 Å². The van der Waals surface area contributed by atoms with Gasteiger partial charge in [-0.2, -0.15) is 17.6 Å². The van der Waals surface area contributed by atoms with Crippen LogP contribution in [0.3, 0.4) is 0 Å². The van der Waals surface area contributed by atoms with Crippen LogP contribution in [0.1, 0.15) is 64.7 Å². The average molecular weight is 386 g/mol. The Bertz CT molecular complexity index is 572. The van der Waals surface area contributed by atoms with Crippen LogP contribution in [0.2, 0.25) is 0 Å². The zero-order chi connectivity index (χ0) is 19.5. The van der Waals surface area contributed by atoms with Crippen LogP contribution in [0.4, 0.5) is 17.6 Å². The predicted molar refractivity (Wildman–Crippen MR) is 98.2 cm³/mol. The largest absolute Gasteiger partial charge is 0.460 e. The maximum absolute atomic E-state index is 15.2. The first-order valence-corrected chi connectivity index (χ1v) is 10.3. The molecule has 0 bridgehead atoms. The van der Waals surface area contributed by atoms with E-state index in [-0.39, 0.29) is 18.6 Å². The van der Waals surface area contributed by atoms with E-state index in [2.05, 4.69) is 6.92 Å². The Balaban J connectivity index is 1.63. The highest BCUT2D eigenvalue weighted by Gasteiger charge is 2.63. The molecule has 1 aromatic carbocycles. The molecule has 0 aromatic heterocycles. The van der Waals surface area contributed by atoms with E-state index in [9.17, 15) is 13.2 Å². The van der Waals surface area contributed by atoms with Crippen molar-refractivity contribution in [3.05, 3.63) is 30.3 Å². The minimum Gasteiger partial charge on any atom is -0.450 e. The smallest absolute Gasteiger partial charge is 0.450 e. The summed E-state index contributed by atoms with van der Waals surface area (Å²) in [6.07, 6.45) is 2.80. The number of alkyl halides is 4. The van der Waals surface area contributed by atoms with E-state index in [1.54, 1.807) is 18.2 Å². The Hall–Kier alpha value is -1.26. The lowest BCUT2D eigenvalue weighted by molar-refractivity contribution is -0.326. The Kier molecular flexibility index (Phi) is 6.37. The fraction of sp³-hybridized carbons (Fsp3) is 0.727. The van der Waals surface area contributed by atoms with Crippen molar-refractivity contribution < 1.29 is 22.3 Å². The maximum atomic E-state index is 15.2. The van der Waals surface area contributed by atoms with Gasteiger partial charge in [-0.3, -0.25) is 0 Å². The molecule has 3 rings (SSSR count). The molecule has 0 aliphatic heterocycles. The van der Waals surface area contributed by atoms with Crippen LogP contribution in [0, 0.1) is 23.7 Å². The van der Waals surface area contributed by atoms with Gasteiger partial charge in [0.25, 0.3) is 0 Å². The average Bonchev–Trinajstić information content (AvgIpc) is 2.68. The van der Waals surface area contributed by atoms with Crippen LogP contribution in [0.15, 0.2) is 30.3 Å². The molecule has 0 heterocycles. The lowest BCUT2D eigenvalue weighted by Crippen LogP contribution is -2.53. The number of ether oxygens (including phenoxy) is 1. The first-order valence-electron chi connectivity index (χ1n) is 10.3. The summed E-state index contributed by atoms with van der Waals surface area (Å²) in [5.41, 5.74) is 0. The molecule has 1 aromatic rings. The predicted octanol–water partition coefficient (Wildman–Crippen LogP) is 7.32. The zero-order valence-electron chi connectivity index (χ0n) is 16.0. The molecule has 2 aliphatic carbocycles. The van der Waals surface area contributed by atoms with E-state index in [1.165, 1.54) is 44.2 Å². The van der Waals surface area contributed by atoms with Crippen molar-refractivity contribution >= 4 is 0 Å². The molecule has 27 heavy (non-hydrogen) atoms. The Morgan fingerprint density at radius 3 is 1.81 bits per heavy atom. The highest BCUT2D eigenvalue weighted by Crippen LogP contribution is 2.50. The highest BCUT2D eigenvalue weighted by atomic mass is 19.4. The van der Waals surface area contributed by atoms with Gasteiger partial charge in [0.15, 0.2) is 0 Å². The quantitative estimate of drug-likeness (QED) is 0.482. The van der Waals surface area contributed by atoms with Crippen molar-refractivity contribution in [2.24, 2.45) is 23.7 Å². The van der Waals surface area contributed by atoms with Gasteiger partial charge in [0.2, 0.25) is 0 Å². The molecule has 1 atom stereocenters. The van der Waals surface area contributed by atoms with Crippen LogP contribution in [0.5, 0.6) is 5.75 Å². The van der Waals surface area contributed by atoms with Gasteiger partial charge in [-0.1, -0.05) is 44.4 Å². The summed E-state index contributed by atoms with van der Waals surface area (Å²) in [6, 6.07) is 7.51. The summed E-state index contributed by atoms with van der Waals surface area (Å²) >= 11 is 0. The van der Waals surface area contributed by atoms with E-state index in [0.717, 1.165) is 5.92 Å². The van der Waals surface area contributed by atoms with E-state index >= 15 is 4.39 Å². The summed E-state index contributed by atoms with van der Waals surface area (Å²) in [5, 5.41) is 0. The van der Waals surface area contributed by atoms with Gasteiger partial charge in [0, 0.05) is 5.92 Å². The third-order valence-electron chi connectivity index (χ3n) is 6.83. The number of hydrogen-bond acceptors (Lipinski definition) is 1. The van der Waals surface area contributed by atoms with Crippen molar-refractivity contribution in [3.63, 3.8) is 0 Å². The second kappa shape index (κ2) is 8.40. The van der Waals surface area contributed by atoms with E-state index < -0.39 is 17.9 Å². The molecule has 1 nitrogen and oxygen atoms in total. The van der Waals surface area contributed by atoms with Crippen LogP contribution < -0.4 is 4.74 Å². The second-order valence-electron chi connectivity index (χ2n) is 8.36. The first-order chi connectivity index (χ1) is 12.8. The molecule has 5 heteroatoms. The van der Waals surface area contributed by atoms with Gasteiger partial charge in [-0.25, -0.2) is 0 Å². The number of hydrogen-bond donors (Lipinski definition) is 0. The van der Waals surface area contributed by atoms with Crippen molar-refractivity contribution in [1.29, 1.82) is 0 Å². The van der Waals surface area contributed by atoms with Crippen molar-refractivity contribution in [1.82, 2.24) is 0 Å². The molecule has 2 fully saturated rings. The molecule has 2 aliphatic rings. The number of halogens is 4. The van der Waals surface area contributed by atoms with E-state index in [1.807, 2.05) is 0 Å². The zero-order valence-corrected chi connectivity index (χ0v) is 16.0. The highest BCUT2D eigenvalue weighted by molar-refractivity contribution is 5.22. The SMILES string of the molecule is CCC1CCC(C2CCC(C(F)(Oc3ccccc3)C(F)(F)F)CC2)CC1. The molecule has 0 radical (unpaired) electrons. The van der Waals surface area contributed by atoms with Crippen LogP contribution in [-0.2, 0) is 0 Å². The summed E-state index contributed by atoms with van der Waals surface area (Å²) in [5.74, 6) is -2.98. The van der Waals surface area contributed by atoms with E-state index in [4.69, 9.17) is 4.74 Å². The van der Waals surface area contributed by atoms with E-state index in [0.29, 0.717) is 24.7 Å². The van der Waals surface area contributed by atoms with Gasteiger partial charge in [-0.15, -0.1) is 0 Å². The summed E-state index contributed by atoms with van der Waals surface area (Å²) in [7, 11) is 0. The fourth-order valence-corrected chi connectivity index (χ4v) is 5.06. The molecule has 0 saturated heterocycles. The maximum Gasteiger partial charge on any atom is 0.460 e. The molecule has 2 saturated carbocycles. The monoisotopic (exact) mass is 386 g/mol. The fourth-order valence-electron chi connectivity index (χ4n) is 5.06. The molecule has 1 unspecified atom stereocenters. The molecule has 152 valence electrons. The lowest BCUT2D eigenvalue weighted by atomic mass is 9.68. The number of para-hydroxylation sites is 1. The molecular weight excluding hydrogens is 356 g/mol. The van der Waals surface area contributed by atoms with Gasteiger partial charge in [0.1, 0.15) is 5.75 Å². The summed E-state index contributed by atoms with van der Waals surface area (Å²) < 4.78 is 60.9. The Morgan fingerprint density at radius 1 is 0.815 bits per heavy atom. The van der Waals surface area contributed by atoms with Crippen molar-refractivity contribution in [3.8, 4) is 5.75 Å². The third-order valence-corrected chi connectivity index (χ3v) is 6.83.